The highest BCUT2D eigenvalue weighted by molar-refractivity contribution is 7.25. The number of nitrogens with one attached hydrogen (secondary N) is 2. The zero-order valence-corrected chi connectivity index (χ0v) is 30.6. The number of thiophene rings is 1. The molecule has 0 saturated carbocycles. The van der Waals surface area contributed by atoms with Crippen LogP contribution in [0.15, 0.2) is 174 Å². The molecule has 0 aliphatic heterocycles. The Kier molecular flexibility index (Phi) is 8.23. The zero-order chi connectivity index (χ0) is 36.7. The molecule has 9 aromatic rings. The van der Waals surface area contributed by atoms with E-state index in [0.717, 1.165) is 94.4 Å². The summed E-state index contributed by atoms with van der Waals surface area (Å²) in [6, 6.07) is 44.3. The largest absolute Gasteiger partial charge is 0.456 e. The number of fused-ring (bicyclic) bond motifs is 7. The van der Waals surface area contributed by atoms with E-state index in [0.29, 0.717) is 11.4 Å². The monoisotopic (exact) mass is 726 g/mol. The smallest absolute Gasteiger partial charge is 0.143 e. The van der Waals surface area contributed by atoms with Crippen LogP contribution in [0.2, 0.25) is 0 Å². The molecule has 262 valence electrons. The van der Waals surface area contributed by atoms with Crippen LogP contribution < -0.4 is 5.32 Å². The lowest BCUT2D eigenvalue weighted by molar-refractivity contribution is 0.669. The van der Waals surface area contributed by atoms with Gasteiger partial charge in [-0.25, -0.2) is 9.97 Å². The van der Waals surface area contributed by atoms with E-state index in [-0.39, 0.29) is 0 Å². The van der Waals surface area contributed by atoms with Crippen molar-refractivity contribution in [3.05, 3.63) is 181 Å². The van der Waals surface area contributed by atoms with Gasteiger partial charge in [0.05, 0.1) is 11.4 Å². The lowest BCUT2D eigenvalue weighted by Gasteiger charge is -2.12. The molecule has 6 aromatic carbocycles. The Morgan fingerprint density at radius 1 is 0.691 bits per heavy atom. The van der Waals surface area contributed by atoms with E-state index in [9.17, 15) is 5.41 Å². The van der Waals surface area contributed by atoms with Crippen molar-refractivity contribution in [2.45, 2.75) is 12.8 Å². The minimum atomic E-state index is 0.301. The highest BCUT2D eigenvalue weighted by atomic mass is 32.1. The summed E-state index contributed by atoms with van der Waals surface area (Å²) in [5, 5.41) is 18.4. The summed E-state index contributed by atoms with van der Waals surface area (Å²) in [5.41, 5.74) is 10.6. The molecule has 0 bridgehead atoms. The van der Waals surface area contributed by atoms with E-state index in [2.05, 4.69) is 127 Å². The van der Waals surface area contributed by atoms with E-state index >= 15 is 0 Å². The van der Waals surface area contributed by atoms with Gasteiger partial charge in [-0.05, 0) is 100 Å². The van der Waals surface area contributed by atoms with Gasteiger partial charge in [-0.1, -0.05) is 109 Å². The second kappa shape index (κ2) is 13.8. The van der Waals surface area contributed by atoms with Gasteiger partial charge in [-0.15, -0.1) is 11.3 Å². The fourth-order valence-electron chi connectivity index (χ4n) is 7.48. The third-order valence-corrected chi connectivity index (χ3v) is 11.3. The molecule has 3 aromatic heterocycles. The van der Waals surface area contributed by atoms with Gasteiger partial charge in [-0.3, -0.25) is 5.41 Å². The Bertz CT molecular complexity index is 3090. The van der Waals surface area contributed by atoms with Crippen LogP contribution in [0.4, 0.5) is 5.69 Å². The number of allylic oxidation sites excluding steroid dienone is 7. The third-order valence-electron chi connectivity index (χ3n) is 10.2. The Balaban J connectivity index is 0.985. The van der Waals surface area contributed by atoms with Crippen LogP contribution in [-0.2, 0) is 0 Å². The van der Waals surface area contributed by atoms with Crippen LogP contribution in [0.25, 0.3) is 81.0 Å². The predicted molar refractivity (Wildman–Crippen MR) is 232 cm³/mol. The standard InChI is InChI=1S/C49H34N4OS/c50-41(20-11-12-26-51-42-29-34-18-8-7-17-33(34)27-39(42)31-13-3-1-4-14-31)48-46(32-15-5-2-6-16-32)53-49-47(52-48)40-28-35(23-25-45(40)55-49)36-22-24-38-37-19-9-10-21-43(37)54-44(38)30-36/h1,3-5,7-30,50-51H,2,6H2/b20-11-,26-12+,50-41?. The van der Waals surface area contributed by atoms with Crippen molar-refractivity contribution >= 4 is 81.5 Å². The number of hydrogen-bond donors (Lipinski definition) is 2. The van der Waals surface area contributed by atoms with Gasteiger partial charge in [0.25, 0.3) is 0 Å². The zero-order valence-electron chi connectivity index (χ0n) is 29.8. The number of para-hydroxylation sites is 1. The summed E-state index contributed by atoms with van der Waals surface area (Å²) in [6.45, 7) is 0. The average molecular weight is 727 g/mol. The number of hydrogen-bond acceptors (Lipinski definition) is 6. The average Bonchev–Trinajstić information content (AvgIpc) is 3.80. The summed E-state index contributed by atoms with van der Waals surface area (Å²) >= 11 is 1.64. The van der Waals surface area contributed by atoms with Gasteiger partial charge in [0, 0.05) is 38.3 Å². The summed E-state index contributed by atoms with van der Waals surface area (Å²) in [4.78, 5) is 11.3. The molecule has 0 amide bonds. The maximum absolute atomic E-state index is 9.26. The van der Waals surface area contributed by atoms with E-state index < -0.39 is 0 Å². The molecule has 6 heteroatoms. The predicted octanol–water partition coefficient (Wildman–Crippen LogP) is 13.5. The SMILES string of the molecule is N=C(/C=C\C=C\Nc1cc2ccccc2cc1-c1ccccc1)c1nc2c(nc1C1=CCCC=C1)sc1ccc(-c3ccc4c(c3)oc3ccccc34)cc12. The summed E-state index contributed by atoms with van der Waals surface area (Å²) in [5.74, 6) is 0. The van der Waals surface area contributed by atoms with Gasteiger partial charge in [0.15, 0.2) is 0 Å². The van der Waals surface area contributed by atoms with Crippen molar-refractivity contribution in [1.29, 1.82) is 5.41 Å². The fourth-order valence-corrected chi connectivity index (χ4v) is 8.48. The van der Waals surface area contributed by atoms with Crippen LogP contribution in [0.1, 0.15) is 24.2 Å². The maximum atomic E-state index is 9.26. The molecular weight excluding hydrogens is 693 g/mol. The lowest BCUT2D eigenvalue weighted by Crippen LogP contribution is -2.07. The third kappa shape index (κ3) is 6.12. The van der Waals surface area contributed by atoms with Crippen LogP contribution >= 0.6 is 11.3 Å². The quantitative estimate of drug-likeness (QED) is 0.121. The first kappa shape index (κ1) is 32.7. The molecule has 1 aliphatic rings. The first-order valence-corrected chi connectivity index (χ1v) is 19.3. The van der Waals surface area contributed by atoms with E-state index in [1.165, 1.54) is 10.8 Å². The van der Waals surface area contributed by atoms with E-state index in [1.54, 1.807) is 17.4 Å². The van der Waals surface area contributed by atoms with Gasteiger partial charge < -0.3 is 9.73 Å². The van der Waals surface area contributed by atoms with Crippen molar-refractivity contribution in [1.82, 2.24) is 9.97 Å². The molecule has 3 heterocycles. The normalized spacial score (nSPS) is 13.3. The fraction of sp³-hybridized carbons (Fsp3) is 0.0408. The first-order chi connectivity index (χ1) is 27.2. The lowest BCUT2D eigenvalue weighted by atomic mass is 9.99. The van der Waals surface area contributed by atoms with Crippen LogP contribution in [-0.4, -0.2) is 15.7 Å². The Morgan fingerprint density at radius 2 is 1.47 bits per heavy atom. The van der Waals surface area contributed by atoms with Gasteiger partial charge >= 0.3 is 0 Å². The number of benzene rings is 6. The molecule has 0 fully saturated rings. The van der Waals surface area contributed by atoms with Crippen molar-refractivity contribution in [2.24, 2.45) is 0 Å². The van der Waals surface area contributed by atoms with Gasteiger partial charge in [-0.2, -0.15) is 0 Å². The Morgan fingerprint density at radius 3 is 2.35 bits per heavy atom. The summed E-state index contributed by atoms with van der Waals surface area (Å²) in [7, 11) is 0. The molecule has 0 radical (unpaired) electrons. The van der Waals surface area contributed by atoms with Crippen LogP contribution in [0.5, 0.6) is 0 Å². The van der Waals surface area contributed by atoms with Gasteiger partial charge in [0.1, 0.15) is 27.2 Å². The number of furan rings is 1. The molecule has 2 N–H and O–H groups in total. The molecule has 0 atom stereocenters. The van der Waals surface area contributed by atoms with Crippen molar-refractivity contribution in [3.8, 4) is 22.3 Å². The van der Waals surface area contributed by atoms with Gasteiger partial charge in [0.2, 0.25) is 0 Å². The van der Waals surface area contributed by atoms with Crippen LogP contribution in [0.3, 0.4) is 0 Å². The minimum Gasteiger partial charge on any atom is -0.456 e. The van der Waals surface area contributed by atoms with Crippen molar-refractivity contribution in [2.75, 3.05) is 5.32 Å². The second-order valence-electron chi connectivity index (χ2n) is 13.7. The maximum Gasteiger partial charge on any atom is 0.143 e. The molecular formula is C49H34N4OS. The van der Waals surface area contributed by atoms with E-state index in [1.807, 2.05) is 42.6 Å². The Hall–Kier alpha value is -6.89. The molecule has 0 saturated heterocycles. The number of nitrogens with zero attached hydrogens (tertiary/aromatic N) is 2. The summed E-state index contributed by atoms with van der Waals surface area (Å²) in [6.07, 6.45) is 15.9. The van der Waals surface area contributed by atoms with Crippen molar-refractivity contribution in [3.63, 3.8) is 0 Å². The molecule has 5 nitrogen and oxygen atoms in total. The summed E-state index contributed by atoms with van der Waals surface area (Å²) < 4.78 is 7.32. The van der Waals surface area contributed by atoms with Crippen LogP contribution in [0, 0.1) is 5.41 Å². The highest BCUT2D eigenvalue weighted by Gasteiger charge is 2.19. The second-order valence-corrected chi connectivity index (χ2v) is 14.8. The molecule has 55 heavy (non-hydrogen) atoms. The van der Waals surface area contributed by atoms with Crippen molar-refractivity contribution < 1.29 is 4.42 Å². The molecule has 0 spiro atoms. The molecule has 0 unspecified atom stereocenters. The van der Waals surface area contributed by atoms with E-state index in [4.69, 9.17) is 14.4 Å². The minimum absolute atomic E-state index is 0.301. The Labute approximate surface area is 321 Å². The number of anilines is 1. The molecule has 10 rings (SSSR count). The molecule has 1 aliphatic carbocycles. The number of rotatable bonds is 8. The first-order valence-electron chi connectivity index (χ1n) is 18.5. The highest BCUT2D eigenvalue weighted by Crippen LogP contribution is 2.38. The topological polar surface area (TPSA) is 74.8 Å². The number of aromatic nitrogens is 2.